The third kappa shape index (κ3) is 2.48. The number of aryl methyl sites for hydroxylation is 1. The van der Waals surface area contributed by atoms with E-state index in [2.05, 4.69) is 26.7 Å². The highest BCUT2D eigenvalue weighted by molar-refractivity contribution is 5.22. The number of aromatic nitrogens is 4. The Morgan fingerprint density at radius 2 is 1.96 bits per heavy atom. The van der Waals surface area contributed by atoms with Crippen LogP contribution < -0.4 is 0 Å². The van der Waals surface area contributed by atoms with Crippen molar-refractivity contribution in [2.24, 2.45) is 7.05 Å². The summed E-state index contributed by atoms with van der Waals surface area (Å²) in [5, 5.41) is 4.20. The van der Waals surface area contributed by atoms with Crippen LogP contribution in [0.5, 0.6) is 0 Å². The highest BCUT2D eigenvalue weighted by atomic mass is 16.5. The Morgan fingerprint density at radius 1 is 1.08 bits per heavy atom. The Labute approximate surface area is 142 Å². The minimum Gasteiger partial charge on any atom is -0.339 e. The molecule has 2 aromatic rings. The number of imidazole rings is 1. The van der Waals surface area contributed by atoms with Gasteiger partial charge < -0.3 is 9.09 Å². The Kier molecular flexibility index (Phi) is 3.47. The lowest BCUT2D eigenvalue weighted by Crippen LogP contribution is -2.25. The van der Waals surface area contributed by atoms with Crippen molar-refractivity contribution < 1.29 is 4.52 Å². The Morgan fingerprint density at radius 3 is 2.79 bits per heavy atom. The van der Waals surface area contributed by atoms with Crippen LogP contribution in [-0.4, -0.2) is 31.1 Å². The smallest absolute Gasteiger partial charge is 0.229 e. The maximum atomic E-state index is 5.42. The first-order valence-corrected chi connectivity index (χ1v) is 9.40. The zero-order valence-electron chi connectivity index (χ0n) is 14.4. The van der Waals surface area contributed by atoms with Crippen molar-refractivity contribution in [3.8, 4) is 0 Å². The van der Waals surface area contributed by atoms with Crippen LogP contribution >= 0.6 is 0 Å². The predicted octanol–water partition coefficient (Wildman–Crippen LogP) is 2.90. The van der Waals surface area contributed by atoms with Gasteiger partial charge in [0.25, 0.3) is 0 Å². The fraction of sp³-hybridized carbons (Fsp3) is 0.722. The van der Waals surface area contributed by atoms with Gasteiger partial charge in [0.2, 0.25) is 5.89 Å². The normalized spacial score (nSPS) is 24.5. The molecule has 2 fully saturated rings. The Bertz CT molecular complexity index is 745. The molecule has 1 aliphatic heterocycles. The summed E-state index contributed by atoms with van der Waals surface area (Å²) >= 11 is 0. The summed E-state index contributed by atoms with van der Waals surface area (Å²) in [4.78, 5) is 12.1. The molecule has 0 aromatic carbocycles. The first kappa shape index (κ1) is 14.6. The van der Waals surface area contributed by atoms with Crippen LogP contribution in [0.1, 0.15) is 79.4 Å². The summed E-state index contributed by atoms with van der Waals surface area (Å²) in [6.07, 6.45) is 9.70. The molecular formula is C18H25N5O. The molecule has 0 amide bonds. The van der Waals surface area contributed by atoms with Crippen molar-refractivity contribution >= 4 is 0 Å². The molecule has 6 nitrogen and oxygen atoms in total. The molecule has 0 spiro atoms. The largest absolute Gasteiger partial charge is 0.339 e. The molecule has 3 aliphatic rings. The Balaban J connectivity index is 1.37. The van der Waals surface area contributed by atoms with Crippen LogP contribution in [0.3, 0.4) is 0 Å². The first-order valence-electron chi connectivity index (χ1n) is 9.40. The molecule has 0 bridgehead atoms. The predicted molar refractivity (Wildman–Crippen MR) is 88.5 cm³/mol. The first-order chi connectivity index (χ1) is 11.8. The topological polar surface area (TPSA) is 60.0 Å². The second-order valence-corrected chi connectivity index (χ2v) is 7.58. The monoisotopic (exact) mass is 327 g/mol. The molecule has 0 unspecified atom stereocenters. The van der Waals surface area contributed by atoms with E-state index in [1.54, 1.807) is 0 Å². The average molecular weight is 327 g/mol. The fourth-order valence-electron chi connectivity index (χ4n) is 4.32. The zero-order chi connectivity index (χ0) is 16.1. The molecular weight excluding hydrogens is 302 g/mol. The number of nitrogens with zero attached hydrogens (tertiary/aromatic N) is 5. The molecule has 0 N–H and O–H groups in total. The van der Waals surface area contributed by atoms with Crippen LogP contribution in [0.25, 0.3) is 0 Å². The van der Waals surface area contributed by atoms with E-state index in [0.717, 1.165) is 31.2 Å². The molecule has 1 saturated heterocycles. The molecule has 5 rings (SSSR count). The van der Waals surface area contributed by atoms with Crippen molar-refractivity contribution in [2.45, 2.75) is 69.9 Å². The zero-order valence-corrected chi connectivity index (χ0v) is 14.4. The maximum absolute atomic E-state index is 5.42. The van der Waals surface area contributed by atoms with Crippen LogP contribution in [0.4, 0.5) is 0 Å². The molecule has 6 heteroatoms. The van der Waals surface area contributed by atoms with Crippen LogP contribution in [0.2, 0.25) is 0 Å². The summed E-state index contributed by atoms with van der Waals surface area (Å²) in [5.41, 5.74) is 2.79. The highest BCUT2D eigenvalue weighted by Crippen LogP contribution is 2.39. The van der Waals surface area contributed by atoms with Crippen LogP contribution in [-0.2, 0) is 26.4 Å². The van der Waals surface area contributed by atoms with Gasteiger partial charge in [-0.3, -0.25) is 4.90 Å². The number of rotatable bonds is 4. The lowest BCUT2D eigenvalue weighted by atomic mass is 10.0. The van der Waals surface area contributed by atoms with Gasteiger partial charge in [-0.25, -0.2) is 4.98 Å². The van der Waals surface area contributed by atoms with E-state index in [4.69, 9.17) is 9.51 Å². The van der Waals surface area contributed by atoms with Gasteiger partial charge in [-0.05, 0) is 57.9 Å². The summed E-state index contributed by atoms with van der Waals surface area (Å²) in [6, 6.07) is 0.392. The lowest BCUT2D eigenvalue weighted by Gasteiger charge is -2.22. The van der Waals surface area contributed by atoms with E-state index in [9.17, 15) is 0 Å². The molecule has 24 heavy (non-hydrogen) atoms. The average Bonchev–Trinajstić information content (AvgIpc) is 3.03. The molecule has 2 aliphatic carbocycles. The SMILES string of the molecule is Cn1c([C@@H]2CCCN2Cc2noc(C3CC3)n2)nc2c1CCCC2. The quantitative estimate of drug-likeness (QED) is 0.864. The van der Waals surface area contributed by atoms with E-state index in [1.807, 2.05) is 0 Å². The van der Waals surface area contributed by atoms with Crippen molar-refractivity contribution in [1.82, 2.24) is 24.6 Å². The van der Waals surface area contributed by atoms with E-state index in [1.165, 1.54) is 62.2 Å². The van der Waals surface area contributed by atoms with Gasteiger partial charge in [0.1, 0.15) is 5.82 Å². The summed E-state index contributed by atoms with van der Waals surface area (Å²) in [5.74, 6) is 3.45. The van der Waals surface area contributed by atoms with E-state index < -0.39 is 0 Å². The third-order valence-electron chi connectivity index (χ3n) is 5.82. The van der Waals surface area contributed by atoms with Gasteiger partial charge in [0, 0.05) is 18.7 Å². The van der Waals surface area contributed by atoms with Crippen molar-refractivity contribution in [2.75, 3.05) is 6.54 Å². The van der Waals surface area contributed by atoms with Gasteiger partial charge in [-0.2, -0.15) is 4.98 Å². The number of hydrogen-bond donors (Lipinski definition) is 0. The van der Waals surface area contributed by atoms with Gasteiger partial charge in [-0.1, -0.05) is 5.16 Å². The molecule has 1 saturated carbocycles. The van der Waals surface area contributed by atoms with Gasteiger partial charge in [0.05, 0.1) is 18.3 Å². The number of fused-ring (bicyclic) bond motifs is 1. The number of hydrogen-bond acceptors (Lipinski definition) is 5. The maximum Gasteiger partial charge on any atom is 0.229 e. The minimum atomic E-state index is 0.392. The van der Waals surface area contributed by atoms with Gasteiger partial charge in [-0.15, -0.1) is 0 Å². The summed E-state index contributed by atoms with van der Waals surface area (Å²) < 4.78 is 7.79. The molecule has 0 radical (unpaired) electrons. The fourth-order valence-corrected chi connectivity index (χ4v) is 4.32. The van der Waals surface area contributed by atoms with Crippen LogP contribution in [0, 0.1) is 0 Å². The molecule has 1 atom stereocenters. The molecule has 128 valence electrons. The van der Waals surface area contributed by atoms with Gasteiger partial charge >= 0.3 is 0 Å². The van der Waals surface area contributed by atoms with Crippen molar-refractivity contribution in [1.29, 1.82) is 0 Å². The minimum absolute atomic E-state index is 0.392. The third-order valence-corrected chi connectivity index (χ3v) is 5.82. The van der Waals surface area contributed by atoms with E-state index in [-0.39, 0.29) is 0 Å². The van der Waals surface area contributed by atoms with Crippen LogP contribution in [0.15, 0.2) is 4.52 Å². The summed E-state index contributed by atoms with van der Waals surface area (Å²) in [6.45, 7) is 1.87. The second kappa shape index (κ2) is 5.69. The molecule has 2 aromatic heterocycles. The van der Waals surface area contributed by atoms with Crippen molar-refractivity contribution in [3.63, 3.8) is 0 Å². The highest BCUT2D eigenvalue weighted by Gasteiger charge is 2.33. The lowest BCUT2D eigenvalue weighted by molar-refractivity contribution is 0.227. The summed E-state index contributed by atoms with van der Waals surface area (Å²) in [7, 11) is 2.20. The number of likely N-dealkylation sites (tertiary alicyclic amines) is 1. The van der Waals surface area contributed by atoms with Crippen molar-refractivity contribution in [3.05, 3.63) is 28.9 Å². The Hall–Kier alpha value is -1.69. The van der Waals surface area contributed by atoms with E-state index >= 15 is 0 Å². The second-order valence-electron chi connectivity index (χ2n) is 7.58. The van der Waals surface area contributed by atoms with E-state index in [0.29, 0.717) is 12.0 Å². The molecule has 3 heterocycles. The standard InChI is InChI=1S/C18H25N5O/c1-22-14-6-3-2-5-13(14)19-17(22)15-7-4-10-23(15)11-16-20-18(24-21-16)12-8-9-12/h12,15H,2-11H2,1H3/t15-/m0/s1. The van der Waals surface area contributed by atoms with Gasteiger partial charge in [0.15, 0.2) is 5.82 Å².